The molecule has 1 aliphatic rings. The van der Waals surface area contributed by atoms with Gasteiger partial charge in [0.25, 0.3) is 0 Å². The average molecular weight is 247 g/mol. The van der Waals surface area contributed by atoms with Gasteiger partial charge in [-0.2, -0.15) is 0 Å². The van der Waals surface area contributed by atoms with Crippen LogP contribution in [0.15, 0.2) is 18.3 Å². The Morgan fingerprint density at radius 1 is 1.56 bits per heavy atom. The van der Waals surface area contributed by atoms with Crippen molar-refractivity contribution in [2.75, 3.05) is 16.8 Å². The van der Waals surface area contributed by atoms with Gasteiger partial charge in [0.05, 0.1) is 17.8 Å². The van der Waals surface area contributed by atoms with Crippen molar-refractivity contribution in [1.29, 1.82) is 0 Å². The summed E-state index contributed by atoms with van der Waals surface area (Å²) in [6, 6.07) is 3.32. The van der Waals surface area contributed by atoms with E-state index in [1.165, 1.54) is 18.0 Å². The number of rotatable bonds is 3. The molecular weight excluding hydrogens is 234 g/mol. The van der Waals surface area contributed by atoms with Gasteiger partial charge in [-0.3, -0.25) is 9.59 Å². The number of nitrogens with one attached hydrogen (secondary N) is 1. The van der Waals surface area contributed by atoms with Gasteiger partial charge in [-0.25, -0.2) is 4.98 Å². The van der Waals surface area contributed by atoms with Crippen molar-refractivity contribution >= 4 is 29.6 Å². The van der Waals surface area contributed by atoms with E-state index in [0.717, 1.165) is 0 Å². The zero-order chi connectivity index (χ0) is 13.1. The second-order valence-electron chi connectivity index (χ2n) is 4.10. The summed E-state index contributed by atoms with van der Waals surface area (Å²) in [5.74, 6) is -0.502. The summed E-state index contributed by atoms with van der Waals surface area (Å²) in [6.45, 7) is 1.91. The Hall–Kier alpha value is -2.24. The van der Waals surface area contributed by atoms with Crippen LogP contribution >= 0.6 is 0 Å². The number of hydrogen-bond donors (Lipinski definition) is 1. The number of carbonyl (C=O) groups is 3. The first-order valence-electron chi connectivity index (χ1n) is 5.62. The second-order valence-corrected chi connectivity index (χ2v) is 4.10. The van der Waals surface area contributed by atoms with Crippen molar-refractivity contribution in [2.45, 2.75) is 13.3 Å². The Morgan fingerprint density at radius 3 is 2.83 bits per heavy atom. The van der Waals surface area contributed by atoms with E-state index < -0.39 is 5.92 Å². The third kappa shape index (κ3) is 2.37. The number of aldehydes is 1. The molecule has 2 amide bonds. The normalized spacial score (nSPS) is 18.8. The molecule has 1 aromatic heterocycles. The fourth-order valence-electron chi connectivity index (χ4n) is 1.88. The predicted octanol–water partition coefficient (Wildman–Crippen LogP) is 0.592. The minimum Gasteiger partial charge on any atom is -0.311 e. The number of carbonyl (C=O) groups excluding carboxylic acids is 3. The standard InChI is InChI=1S/C12H13N3O3/c1-8(17)14-11-3-2-10(6-13-11)15-5-4-9(7-16)12(15)18/h2-3,6-7,9H,4-5H2,1H3,(H,13,14,17). The molecule has 1 aromatic rings. The fraction of sp³-hybridized carbons (Fsp3) is 0.333. The Kier molecular flexibility index (Phi) is 3.36. The van der Waals surface area contributed by atoms with E-state index in [9.17, 15) is 14.4 Å². The molecule has 1 N–H and O–H groups in total. The first-order chi connectivity index (χ1) is 8.61. The molecule has 2 heterocycles. The maximum absolute atomic E-state index is 11.8. The molecule has 0 aromatic carbocycles. The van der Waals surface area contributed by atoms with Gasteiger partial charge in [-0.1, -0.05) is 0 Å². The summed E-state index contributed by atoms with van der Waals surface area (Å²) in [5.41, 5.74) is 0.637. The summed E-state index contributed by atoms with van der Waals surface area (Å²) >= 11 is 0. The first-order valence-corrected chi connectivity index (χ1v) is 5.62. The van der Waals surface area contributed by atoms with E-state index in [1.807, 2.05) is 0 Å². The Morgan fingerprint density at radius 2 is 2.33 bits per heavy atom. The van der Waals surface area contributed by atoms with E-state index in [1.54, 1.807) is 12.1 Å². The lowest BCUT2D eigenvalue weighted by atomic mass is 10.1. The highest BCUT2D eigenvalue weighted by atomic mass is 16.2. The molecule has 18 heavy (non-hydrogen) atoms. The van der Waals surface area contributed by atoms with Crippen LogP contribution in [0.4, 0.5) is 11.5 Å². The van der Waals surface area contributed by atoms with Gasteiger partial charge in [0, 0.05) is 13.5 Å². The molecule has 1 unspecified atom stereocenters. The highest BCUT2D eigenvalue weighted by molar-refractivity contribution is 6.04. The zero-order valence-electron chi connectivity index (χ0n) is 9.92. The quantitative estimate of drug-likeness (QED) is 0.626. The lowest BCUT2D eigenvalue weighted by Crippen LogP contribution is -2.27. The van der Waals surface area contributed by atoms with E-state index in [-0.39, 0.29) is 11.8 Å². The molecule has 1 atom stereocenters. The van der Waals surface area contributed by atoms with Gasteiger partial charge in [0.15, 0.2) is 0 Å². The van der Waals surface area contributed by atoms with Crippen molar-refractivity contribution in [3.63, 3.8) is 0 Å². The van der Waals surface area contributed by atoms with Crippen LogP contribution in [0.25, 0.3) is 0 Å². The number of pyridine rings is 1. The predicted molar refractivity (Wildman–Crippen MR) is 65.1 cm³/mol. The number of nitrogens with zero attached hydrogens (tertiary/aromatic N) is 2. The smallest absolute Gasteiger partial charge is 0.237 e. The lowest BCUT2D eigenvalue weighted by molar-refractivity contribution is -0.125. The molecule has 0 radical (unpaired) electrons. The van der Waals surface area contributed by atoms with Gasteiger partial charge in [0.2, 0.25) is 11.8 Å². The van der Waals surface area contributed by atoms with Crippen LogP contribution in [0.3, 0.4) is 0 Å². The monoisotopic (exact) mass is 247 g/mol. The minimum absolute atomic E-state index is 0.195. The highest BCUT2D eigenvalue weighted by Crippen LogP contribution is 2.24. The van der Waals surface area contributed by atoms with Gasteiger partial charge >= 0.3 is 0 Å². The molecule has 1 fully saturated rings. The molecule has 0 bridgehead atoms. The van der Waals surface area contributed by atoms with Gasteiger partial charge in [-0.15, -0.1) is 0 Å². The van der Waals surface area contributed by atoms with E-state index in [0.29, 0.717) is 30.8 Å². The number of aromatic nitrogens is 1. The fourth-order valence-corrected chi connectivity index (χ4v) is 1.88. The van der Waals surface area contributed by atoms with E-state index in [2.05, 4.69) is 10.3 Å². The molecule has 2 rings (SSSR count). The summed E-state index contributed by atoms with van der Waals surface area (Å²) in [5, 5.41) is 2.54. The van der Waals surface area contributed by atoms with Crippen LogP contribution in [-0.4, -0.2) is 29.6 Å². The zero-order valence-corrected chi connectivity index (χ0v) is 9.92. The SMILES string of the molecule is CC(=O)Nc1ccc(N2CCC(C=O)C2=O)cn1. The molecule has 0 spiro atoms. The summed E-state index contributed by atoms with van der Waals surface area (Å²) in [7, 11) is 0. The highest BCUT2D eigenvalue weighted by Gasteiger charge is 2.32. The van der Waals surface area contributed by atoms with Crippen LogP contribution in [0.1, 0.15) is 13.3 Å². The van der Waals surface area contributed by atoms with Gasteiger partial charge in [-0.05, 0) is 18.6 Å². The Labute approximate surface area is 104 Å². The second kappa shape index (κ2) is 4.95. The Bertz CT molecular complexity index is 484. The van der Waals surface area contributed by atoms with Crippen molar-refractivity contribution in [3.8, 4) is 0 Å². The molecule has 94 valence electrons. The van der Waals surface area contributed by atoms with Crippen LogP contribution in [-0.2, 0) is 14.4 Å². The molecule has 1 aliphatic heterocycles. The summed E-state index contributed by atoms with van der Waals surface area (Å²) < 4.78 is 0. The maximum Gasteiger partial charge on any atom is 0.237 e. The third-order valence-electron chi connectivity index (χ3n) is 2.77. The van der Waals surface area contributed by atoms with Crippen LogP contribution in [0.5, 0.6) is 0 Å². The molecular formula is C12H13N3O3. The van der Waals surface area contributed by atoms with Crippen LogP contribution in [0, 0.1) is 5.92 Å². The minimum atomic E-state index is -0.542. The van der Waals surface area contributed by atoms with Crippen molar-refractivity contribution in [1.82, 2.24) is 4.98 Å². The molecule has 6 heteroatoms. The van der Waals surface area contributed by atoms with Crippen LogP contribution in [0.2, 0.25) is 0 Å². The summed E-state index contributed by atoms with van der Waals surface area (Å²) in [4.78, 5) is 38.9. The summed E-state index contributed by atoms with van der Waals surface area (Å²) in [6.07, 6.45) is 2.73. The lowest BCUT2D eigenvalue weighted by Gasteiger charge is -2.15. The van der Waals surface area contributed by atoms with Crippen molar-refractivity contribution in [3.05, 3.63) is 18.3 Å². The largest absolute Gasteiger partial charge is 0.311 e. The topological polar surface area (TPSA) is 79.4 Å². The molecule has 1 saturated heterocycles. The van der Waals surface area contributed by atoms with Gasteiger partial charge in [0.1, 0.15) is 12.1 Å². The number of amides is 2. The molecule has 0 saturated carbocycles. The maximum atomic E-state index is 11.8. The van der Waals surface area contributed by atoms with Crippen LogP contribution < -0.4 is 10.2 Å². The van der Waals surface area contributed by atoms with Crippen molar-refractivity contribution < 1.29 is 14.4 Å². The molecule has 0 aliphatic carbocycles. The van der Waals surface area contributed by atoms with E-state index in [4.69, 9.17) is 0 Å². The third-order valence-corrected chi connectivity index (χ3v) is 2.77. The molecule has 6 nitrogen and oxygen atoms in total. The number of hydrogen-bond acceptors (Lipinski definition) is 4. The first kappa shape index (κ1) is 12.2. The number of anilines is 2. The van der Waals surface area contributed by atoms with E-state index >= 15 is 0 Å². The average Bonchev–Trinajstić information content (AvgIpc) is 2.71. The Balaban J connectivity index is 2.13. The van der Waals surface area contributed by atoms with Gasteiger partial charge < -0.3 is 15.0 Å². The van der Waals surface area contributed by atoms with Crippen molar-refractivity contribution in [2.24, 2.45) is 5.92 Å².